The van der Waals surface area contributed by atoms with Crippen molar-refractivity contribution in [3.8, 4) is 0 Å². The highest BCUT2D eigenvalue weighted by molar-refractivity contribution is 4.94. The van der Waals surface area contributed by atoms with Crippen LogP contribution in [0, 0.1) is 5.92 Å². The van der Waals surface area contributed by atoms with Crippen LogP contribution in [0.1, 0.15) is 39.0 Å². The highest BCUT2D eigenvalue weighted by Gasteiger charge is 2.35. The molecule has 4 heteroatoms. The van der Waals surface area contributed by atoms with Crippen molar-refractivity contribution < 1.29 is 10.2 Å². The van der Waals surface area contributed by atoms with E-state index in [2.05, 4.69) is 10.6 Å². The van der Waals surface area contributed by atoms with E-state index in [-0.39, 0.29) is 6.61 Å². The average molecular weight is 242 g/mol. The van der Waals surface area contributed by atoms with Crippen molar-refractivity contribution in [3.63, 3.8) is 0 Å². The van der Waals surface area contributed by atoms with Crippen molar-refractivity contribution in [2.75, 3.05) is 19.7 Å². The number of rotatable bonds is 5. The minimum Gasteiger partial charge on any atom is -0.393 e. The summed E-state index contributed by atoms with van der Waals surface area (Å²) < 4.78 is 0. The molecule has 4 N–H and O–H groups in total. The monoisotopic (exact) mass is 242 g/mol. The summed E-state index contributed by atoms with van der Waals surface area (Å²) in [5.74, 6) is 0.701. The summed E-state index contributed by atoms with van der Waals surface area (Å²) in [6, 6.07) is 1.16. The number of aliphatic hydroxyl groups excluding tert-OH is 1. The Morgan fingerprint density at radius 3 is 2.76 bits per heavy atom. The Hall–Kier alpha value is -0.160. The van der Waals surface area contributed by atoms with E-state index >= 15 is 0 Å². The van der Waals surface area contributed by atoms with Crippen LogP contribution < -0.4 is 10.6 Å². The first-order chi connectivity index (χ1) is 8.12. The molecule has 1 heterocycles. The van der Waals surface area contributed by atoms with Crippen LogP contribution in [-0.4, -0.2) is 47.6 Å². The molecule has 2 aliphatic rings. The van der Waals surface area contributed by atoms with Gasteiger partial charge in [0.25, 0.3) is 0 Å². The molecule has 1 aliphatic heterocycles. The summed E-state index contributed by atoms with van der Waals surface area (Å²) in [5, 5.41) is 25.9. The van der Waals surface area contributed by atoms with E-state index in [1.165, 1.54) is 32.1 Å². The quantitative estimate of drug-likeness (QED) is 0.558. The van der Waals surface area contributed by atoms with Crippen molar-refractivity contribution in [1.82, 2.24) is 10.6 Å². The summed E-state index contributed by atoms with van der Waals surface area (Å²) in [5.41, 5.74) is -0.990. The van der Waals surface area contributed by atoms with Gasteiger partial charge in [0.05, 0.1) is 12.2 Å². The zero-order valence-corrected chi connectivity index (χ0v) is 10.8. The molecule has 1 saturated carbocycles. The van der Waals surface area contributed by atoms with Gasteiger partial charge in [-0.3, -0.25) is 0 Å². The van der Waals surface area contributed by atoms with Crippen molar-refractivity contribution in [3.05, 3.63) is 0 Å². The molecule has 1 aliphatic carbocycles. The SMILES string of the molecule is CC(O)(CO)CNC1CCCC1C1CCCN1. The predicted molar refractivity (Wildman–Crippen MR) is 67.9 cm³/mol. The highest BCUT2D eigenvalue weighted by atomic mass is 16.3. The highest BCUT2D eigenvalue weighted by Crippen LogP contribution is 2.32. The van der Waals surface area contributed by atoms with E-state index in [1.54, 1.807) is 6.92 Å². The topological polar surface area (TPSA) is 64.5 Å². The lowest BCUT2D eigenvalue weighted by Crippen LogP contribution is -2.48. The zero-order valence-electron chi connectivity index (χ0n) is 10.8. The summed E-state index contributed by atoms with van der Waals surface area (Å²) in [7, 11) is 0. The molecule has 0 amide bonds. The molecule has 2 fully saturated rings. The molecule has 4 nitrogen and oxygen atoms in total. The third-order valence-corrected chi connectivity index (χ3v) is 4.27. The molecule has 0 aromatic rings. The second-order valence-electron chi connectivity index (χ2n) is 5.94. The Labute approximate surface area is 104 Å². The first-order valence-corrected chi connectivity index (χ1v) is 6.92. The van der Waals surface area contributed by atoms with Gasteiger partial charge in [-0.25, -0.2) is 0 Å². The second-order valence-corrected chi connectivity index (χ2v) is 5.94. The van der Waals surface area contributed by atoms with Gasteiger partial charge >= 0.3 is 0 Å². The molecule has 0 aromatic carbocycles. The molecule has 4 unspecified atom stereocenters. The number of hydrogen-bond acceptors (Lipinski definition) is 4. The molecule has 4 atom stereocenters. The minimum atomic E-state index is -0.990. The van der Waals surface area contributed by atoms with Crippen LogP contribution in [0.3, 0.4) is 0 Å². The van der Waals surface area contributed by atoms with Gasteiger partial charge in [-0.1, -0.05) is 6.42 Å². The van der Waals surface area contributed by atoms with Crippen LogP contribution >= 0.6 is 0 Å². The molecule has 0 spiro atoms. The molecule has 2 rings (SSSR count). The molecule has 17 heavy (non-hydrogen) atoms. The Balaban J connectivity index is 1.82. The van der Waals surface area contributed by atoms with E-state index < -0.39 is 5.60 Å². The zero-order chi connectivity index (χ0) is 12.3. The number of aliphatic hydroxyl groups is 2. The van der Waals surface area contributed by atoms with Gasteiger partial charge in [-0.15, -0.1) is 0 Å². The van der Waals surface area contributed by atoms with Crippen LogP contribution in [-0.2, 0) is 0 Å². The summed E-state index contributed by atoms with van der Waals surface area (Å²) in [6.07, 6.45) is 6.35. The maximum atomic E-state index is 9.81. The Morgan fingerprint density at radius 1 is 1.29 bits per heavy atom. The maximum Gasteiger partial charge on any atom is 0.0972 e. The van der Waals surface area contributed by atoms with E-state index in [9.17, 15) is 5.11 Å². The molecule has 0 aromatic heterocycles. The molecule has 0 radical (unpaired) electrons. The third kappa shape index (κ3) is 3.41. The first-order valence-electron chi connectivity index (χ1n) is 6.92. The van der Waals surface area contributed by atoms with Crippen LogP contribution in [0.5, 0.6) is 0 Å². The van der Waals surface area contributed by atoms with Crippen molar-refractivity contribution >= 4 is 0 Å². The third-order valence-electron chi connectivity index (χ3n) is 4.27. The first kappa shape index (κ1) is 13.3. The van der Waals surface area contributed by atoms with E-state index in [0.29, 0.717) is 24.5 Å². The van der Waals surface area contributed by atoms with E-state index in [0.717, 1.165) is 6.54 Å². The molecule has 100 valence electrons. The fraction of sp³-hybridized carbons (Fsp3) is 1.00. The fourth-order valence-electron chi connectivity index (χ4n) is 3.21. The average Bonchev–Trinajstić information content (AvgIpc) is 2.96. The van der Waals surface area contributed by atoms with Crippen molar-refractivity contribution in [1.29, 1.82) is 0 Å². The lowest BCUT2D eigenvalue weighted by Gasteiger charge is -2.30. The van der Waals surface area contributed by atoms with Crippen molar-refractivity contribution in [2.24, 2.45) is 5.92 Å². The number of nitrogens with one attached hydrogen (secondary N) is 2. The fourth-order valence-corrected chi connectivity index (χ4v) is 3.21. The second kappa shape index (κ2) is 5.65. The lowest BCUT2D eigenvalue weighted by atomic mass is 9.92. The summed E-state index contributed by atoms with van der Waals surface area (Å²) in [6.45, 7) is 3.14. The van der Waals surface area contributed by atoms with Gasteiger partial charge in [0, 0.05) is 18.6 Å². The van der Waals surface area contributed by atoms with Crippen LogP contribution in [0.2, 0.25) is 0 Å². The largest absolute Gasteiger partial charge is 0.393 e. The minimum absolute atomic E-state index is 0.181. The summed E-state index contributed by atoms with van der Waals surface area (Å²) in [4.78, 5) is 0. The Kier molecular flexibility index (Phi) is 4.42. The van der Waals surface area contributed by atoms with Gasteiger partial charge in [0.2, 0.25) is 0 Å². The van der Waals surface area contributed by atoms with E-state index in [4.69, 9.17) is 5.11 Å². The van der Waals surface area contributed by atoms with Crippen molar-refractivity contribution in [2.45, 2.75) is 56.7 Å². The van der Waals surface area contributed by atoms with Gasteiger partial charge in [-0.2, -0.15) is 0 Å². The van der Waals surface area contributed by atoms with Crippen LogP contribution in [0.25, 0.3) is 0 Å². The smallest absolute Gasteiger partial charge is 0.0972 e. The van der Waals surface area contributed by atoms with Crippen LogP contribution in [0.15, 0.2) is 0 Å². The molecular formula is C13H26N2O2. The molecule has 0 bridgehead atoms. The summed E-state index contributed by atoms with van der Waals surface area (Å²) >= 11 is 0. The Morgan fingerprint density at radius 2 is 2.12 bits per heavy atom. The standard InChI is InChI=1S/C13H26N2O2/c1-13(17,9-16)8-15-12-5-2-4-10(12)11-6-3-7-14-11/h10-12,14-17H,2-9H2,1H3. The van der Waals surface area contributed by atoms with E-state index in [1.807, 2.05) is 0 Å². The predicted octanol–water partition coefficient (Wildman–Crippen LogP) is 0.240. The molecular weight excluding hydrogens is 216 g/mol. The lowest BCUT2D eigenvalue weighted by molar-refractivity contribution is -0.000479. The maximum absolute atomic E-state index is 9.81. The van der Waals surface area contributed by atoms with Gasteiger partial charge in [-0.05, 0) is 45.1 Å². The Bertz CT molecular complexity index is 240. The number of hydrogen-bond donors (Lipinski definition) is 4. The normalized spacial score (nSPS) is 37.2. The van der Waals surface area contributed by atoms with Crippen LogP contribution in [0.4, 0.5) is 0 Å². The van der Waals surface area contributed by atoms with Gasteiger partial charge < -0.3 is 20.8 Å². The van der Waals surface area contributed by atoms with Gasteiger partial charge in [0.1, 0.15) is 0 Å². The van der Waals surface area contributed by atoms with Gasteiger partial charge in [0.15, 0.2) is 0 Å². The molecule has 1 saturated heterocycles.